The molecule has 4 aliphatic rings. The number of esters is 2. The Morgan fingerprint density at radius 1 is 0.632 bits per heavy atom. The van der Waals surface area contributed by atoms with Crippen molar-refractivity contribution in [1.82, 2.24) is 0 Å². The van der Waals surface area contributed by atoms with Crippen LogP contribution in [0.3, 0.4) is 0 Å². The average molecular weight is 262 g/mol. The van der Waals surface area contributed by atoms with E-state index in [2.05, 4.69) is 0 Å². The SMILES string of the molecule is O=C1OC(=O)[C@@H]2[C@H]3CCCC[C@H]3[C@@H]3CCCC[C@H]3[C@@H]12. The van der Waals surface area contributed by atoms with E-state index in [0.29, 0.717) is 23.7 Å². The topological polar surface area (TPSA) is 43.4 Å². The maximum Gasteiger partial charge on any atom is 0.317 e. The summed E-state index contributed by atoms with van der Waals surface area (Å²) in [7, 11) is 0. The van der Waals surface area contributed by atoms with Gasteiger partial charge in [0.05, 0.1) is 11.8 Å². The first-order valence-corrected chi connectivity index (χ1v) is 8.03. The predicted molar refractivity (Wildman–Crippen MR) is 69.0 cm³/mol. The van der Waals surface area contributed by atoms with E-state index in [1.54, 1.807) is 0 Å². The van der Waals surface area contributed by atoms with Gasteiger partial charge in [0.2, 0.25) is 0 Å². The van der Waals surface area contributed by atoms with Crippen molar-refractivity contribution in [2.24, 2.45) is 35.5 Å². The summed E-state index contributed by atoms with van der Waals surface area (Å²) in [5, 5.41) is 0. The van der Waals surface area contributed by atoms with Crippen molar-refractivity contribution in [3.8, 4) is 0 Å². The van der Waals surface area contributed by atoms with Gasteiger partial charge in [0.15, 0.2) is 0 Å². The molecule has 0 N–H and O–H groups in total. The van der Waals surface area contributed by atoms with Crippen molar-refractivity contribution >= 4 is 11.9 Å². The van der Waals surface area contributed by atoms with E-state index in [0.717, 1.165) is 12.8 Å². The molecule has 1 saturated heterocycles. The molecule has 19 heavy (non-hydrogen) atoms. The lowest BCUT2D eigenvalue weighted by atomic mass is 9.51. The molecule has 4 rings (SSSR count). The number of rotatable bonds is 0. The van der Waals surface area contributed by atoms with Crippen molar-refractivity contribution < 1.29 is 14.3 Å². The Hall–Kier alpha value is -0.860. The fourth-order valence-corrected chi connectivity index (χ4v) is 5.74. The molecular weight excluding hydrogens is 240 g/mol. The summed E-state index contributed by atoms with van der Waals surface area (Å²) in [6, 6.07) is 0. The molecule has 1 aliphatic heterocycles. The van der Waals surface area contributed by atoms with E-state index < -0.39 is 0 Å². The molecule has 0 amide bonds. The maximum absolute atomic E-state index is 12.1. The third kappa shape index (κ3) is 1.63. The summed E-state index contributed by atoms with van der Waals surface area (Å²) in [5.41, 5.74) is 0. The van der Waals surface area contributed by atoms with Crippen LogP contribution in [0.2, 0.25) is 0 Å². The van der Waals surface area contributed by atoms with Gasteiger partial charge in [0.25, 0.3) is 0 Å². The summed E-state index contributed by atoms with van der Waals surface area (Å²) in [6.07, 6.45) is 9.89. The third-order valence-electron chi connectivity index (χ3n) is 6.35. The van der Waals surface area contributed by atoms with Crippen LogP contribution in [0, 0.1) is 35.5 Å². The lowest BCUT2D eigenvalue weighted by Gasteiger charge is -2.51. The predicted octanol–water partition coefficient (Wildman–Crippen LogP) is 2.93. The molecule has 0 spiro atoms. The quantitative estimate of drug-likeness (QED) is 0.498. The van der Waals surface area contributed by atoms with Crippen LogP contribution < -0.4 is 0 Å². The highest BCUT2D eigenvalue weighted by Crippen LogP contribution is 2.58. The van der Waals surface area contributed by atoms with Crippen molar-refractivity contribution in [1.29, 1.82) is 0 Å². The second-order valence-electron chi connectivity index (χ2n) is 7.02. The Balaban J connectivity index is 1.74. The number of cyclic esters (lactones) is 2. The minimum atomic E-state index is -0.198. The number of fused-ring (bicyclic) bond motifs is 6. The molecule has 0 aromatic heterocycles. The Morgan fingerprint density at radius 2 is 1.00 bits per heavy atom. The Labute approximate surface area is 114 Å². The monoisotopic (exact) mass is 262 g/mol. The molecule has 0 radical (unpaired) electrons. The van der Waals surface area contributed by atoms with Gasteiger partial charge in [-0.15, -0.1) is 0 Å². The highest BCUT2D eigenvalue weighted by molar-refractivity contribution is 5.97. The maximum atomic E-state index is 12.1. The number of ether oxygens (including phenoxy) is 1. The van der Waals surface area contributed by atoms with E-state index in [1.165, 1.54) is 38.5 Å². The summed E-state index contributed by atoms with van der Waals surface area (Å²) in [6.45, 7) is 0. The molecule has 0 unspecified atom stereocenters. The van der Waals surface area contributed by atoms with Crippen molar-refractivity contribution in [3.63, 3.8) is 0 Å². The van der Waals surface area contributed by atoms with Crippen LogP contribution in [-0.4, -0.2) is 11.9 Å². The molecule has 104 valence electrons. The molecular formula is C16H22O3. The van der Waals surface area contributed by atoms with Crippen molar-refractivity contribution in [2.75, 3.05) is 0 Å². The van der Waals surface area contributed by atoms with Gasteiger partial charge in [-0.05, 0) is 49.4 Å². The third-order valence-corrected chi connectivity index (χ3v) is 6.35. The highest BCUT2D eigenvalue weighted by Gasteiger charge is 2.60. The largest absolute Gasteiger partial charge is 0.393 e. The van der Waals surface area contributed by atoms with E-state index >= 15 is 0 Å². The normalized spacial score (nSPS) is 49.1. The van der Waals surface area contributed by atoms with Gasteiger partial charge in [-0.25, -0.2) is 0 Å². The first-order valence-electron chi connectivity index (χ1n) is 8.03. The van der Waals surface area contributed by atoms with E-state index in [4.69, 9.17) is 4.74 Å². The molecule has 1 heterocycles. The van der Waals surface area contributed by atoms with E-state index in [-0.39, 0.29) is 23.8 Å². The fourth-order valence-electron chi connectivity index (χ4n) is 5.74. The summed E-state index contributed by atoms with van der Waals surface area (Å²) >= 11 is 0. The van der Waals surface area contributed by atoms with Crippen LogP contribution >= 0.6 is 0 Å². The molecule has 4 fully saturated rings. The van der Waals surface area contributed by atoms with Crippen LogP contribution in [-0.2, 0) is 14.3 Å². The van der Waals surface area contributed by atoms with Crippen LogP contribution in [0.15, 0.2) is 0 Å². The van der Waals surface area contributed by atoms with Crippen LogP contribution in [0.5, 0.6) is 0 Å². The first kappa shape index (κ1) is 11.9. The minimum absolute atomic E-state index is 0.0860. The van der Waals surface area contributed by atoms with Crippen molar-refractivity contribution in [2.45, 2.75) is 51.4 Å². The Morgan fingerprint density at radius 3 is 1.42 bits per heavy atom. The van der Waals surface area contributed by atoms with Gasteiger partial charge in [0.1, 0.15) is 0 Å². The number of carbonyl (C=O) groups is 2. The number of carbonyl (C=O) groups excluding carboxylic acids is 2. The molecule has 3 nitrogen and oxygen atoms in total. The number of hydrogen-bond donors (Lipinski definition) is 0. The summed E-state index contributed by atoms with van der Waals surface area (Å²) in [5.74, 6) is 1.70. The first-order chi connectivity index (χ1) is 9.27. The van der Waals surface area contributed by atoms with Crippen LogP contribution in [0.25, 0.3) is 0 Å². The molecule has 3 heteroatoms. The van der Waals surface area contributed by atoms with Gasteiger partial charge in [-0.1, -0.05) is 25.7 Å². The van der Waals surface area contributed by atoms with Gasteiger partial charge < -0.3 is 4.74 Å². The van der Waals surface area contributed by atoms with Crippen molar-refractivity contribution in [3.05, 3.63) is 0 Å². The molecule has 3 saturated carbocycles. The average Bonchev–Trinajstić information content (AvgIpc) is 2.75. The van der Waals surface area contributed by atoms with Crippen LogP contribution in [0.4, 0.5) is 0 Å². The molecule has 3 aliphatic carbocycles. The van der Waals surface area contributed by atoms with Gasteiger partial charge in [-0.2, -0.15) is 0 Å². The number of hydrogen-bond acceptors (Lipinski definition) is 3. The summed E-state index contributed by atoms with van der Waals surface area (Å²) in [4.78, 5) is 24.2. The highest BCUT2D eigenvalue weighted by atomic mass is 16.6. The van der Waals surface area contributed by atoms with E-state index in [9.17, 15) is 9.59 Å². The molecule has 0 aromatic carbocycles. The smallest absolute Gasteiger partial charge is 0.317 e. The standard InChI is InChI=1S/C16H22O3/c17-15-13-11-7-3-1-5-9(11)10-6-2-4-8-12(10)14(13)16(18)19-15/h9-14H,1-8H2/t9-,10-,11-,12+,13+,14+/m0/s1. The van der Waals surface area contributed by atoms with Gasteiger partial charge in [-0.3, -0.25) is 9.59 Å². The Kier molecular flexibility index (Phi) is 2.71. The zero-order chi connectivity index (χ0) is 13.0. The second-order valence-corrected chi connectivity index (χ2v) is 7.02. The Bertz CT molecular complexity index is 378. The molecule has 0 bridgehead atoms. The zero-order valence-corrected chi connectivity index (χ0v) is 11.3. The van der Waals surface area contributed by atoms with Gasteiger partial charge >= 0.3 is 11.9 Å². The lowest BCUT2D eigenvalue weighted by Crippen LogP contribution is -2.49. The zero-order valence-electron chi connectivity index (χ0n) is 11.3. The fraction of sp³-hybridized carbons (Fsp3) is 0.875. The summed E-state index contributed by atoms with van der Waals surface area (Å²) < 4.78 is 5.03. The second kappa shape index (κ2) is 4.32. The van der Waals surface area contributed by atoms with E-state index in [1.807, 2.05) is 0 Å². The minimum Gasteiger partial charge on any atom is -0.393 e. The lowest BCUT2D eigenvalue weighted by molar-refractivity contribution is -0.154. The van der Waals surface area contributed by atoms with Crippen LogP contribution in [0.1, 0.15) is 51.4 Å². The molecule has 0 aromatic rings. The van der Waals surface area contributed by atoms with Gasteiger partial charge in [0, 0.05) is 0 Å². The molecule has 6 atom stereocenters.